The van der Waals surface area contributed by atoms with Gasteiger partial charge in [0.15, 0.2) is 0 Å². The van der Waals surface area contributed by atoms with Gasteiger partial charge in [-0.3, -0.25) is 4.79 Å². The van der Waals surface area contributed by atoms with Gasteiger partial charge in [0, 0.05) is 38.9 Å². The van der Waals surface area contributed by atoms with Crippen LogP contribution in [0.15, 0.2) is 24.3 Å². The van der Waals surface area contributed by atoms with Crippen molar-refractivity contribution in [1.82, 2.24) is 9.80 Å². The van der Waals surface area contributed by atoms with E-state index in [-0.39, 0.29) is 5.91 Å². The van der Waals surface area contributed by atoms with Crippen molar-refractivity contribution in [2.75, 3.05) is 45.6 Å². The van der Waals surface area contributed by atoms with E-state index in [0.717, 1.165) is 37.4 Å². The van der Waals surface area contributed by atoms with Crippen molar-refractivity contribution in [1.29, 1.82) is 0 Å². The first-order chi connectivity index (χ1) is 8.69. The van der Waals surface area contributed by atoms with Gasteiger partial charge in [-0.1, -0.05) is 12.1 Å². The summed E-state index contributed by atoms with van der Waals surface area (Å²) >= 11 is 0. The average Bonchev–Trinajstić information content (AvgIpc) is 2.40. The lowest BCUT2D eigenvalue weighted by molar-refractivity contribution is -0.132. The van der Waals surface area contributed by atoms with E-state index < -0.39 is 0 Å². The Balaban J connectivity index is 1.90. The Bertz CT molecular complexity index is 394. The summed E-state index contributed by atoms with van der Waals surface area (Å²) in [5.74, 6) is 0.236. The zero-order valence-corrected chi connectivity index (χ0v) is 11.1. The Labute approximate surface area is 109 Å². The molecule has 0 saturated carbocycles. The Morgan fingerprint density at radius 1 is 1.17 bits per heavy atom. The van der Waals surface area contributed by atoms with E-state index in [9.17, 15) is 4.79 Å². The van der Waals surface area contributed by atoms with Gasteiger partial charge in [0.2, 0.25) is 5.91 Å². The molecule has 0 bridgehead atoms. The molecular formula is C14H21N3O. The van der Waals surface area contributed by atoms with Gasteiger partial charge in [0.25, 0.3) is 0 Å². The predicted molar refractivity (Wildman–Crippen MR) is 73.8 cm³/mol. The van der Waals surface area contributed by atoms with Crippen LogP contribution in [0.5, 0.6) is 0 Å². The number of carbonyl (C=O) groups excluding carboxylic acids is 1. The van der Waals surface area contributed by atoms with Crippen LogP contribution in [-0.2, 0) is 11.2 Å². The van der Waals surface area contributed by atoms with Gasteiger partial charge in [0.05, 0.1) is 6.42 Å². The maximum absolute atomic E-state index is 12.1. The first-order valence-electron chi connectivity index (χ1n) is 6.42. The van der Waals surface area contributed by atoms with E-state index in [1.165, 1.54) is 0 Å². The largest absolute Gasteiger partial charge is 0.388 e. The summed E-state index contributed by atoms with van der Waals surface area (Å²) in [4.78, 5) is 16.3. The minimum atomic E-state index is 0.236. The average molecular weight is 247 g/mol. The first kappa shape index (κ1) is 12.9. The summed E-state index contributed by atoms with van der Waals surface area (Å²) in [6, 6.07) is 8.04. The number of benzene rings is 1. The zero-order chi connectivity index (χ0) is 13.0. The second kappa shape index (κ2) is 5.87. The maximum Gasteiger partial charge on any atom is 0.227 e. The second-order valence-corrected chi connectivity index (χ2v) is 4.81. The quantitative estimate of drug-likeness (QED) is 0.867. The fraction of sp³-hybridized carbons (Fsp3) is 0.500. The fourth-order valence-electron chi connectivity index (χ4n) is 2.13. The third kappa shape index (κ3) is 3.23. The molecule has 0 radical (unpaired) electrons. The summed E-state index contributed by atoms with van der Waals surface area (Å²) in [6.07, 6.45) is 0.508. The highest BCUT2D eigenvalue weighted by atomic mass is 16.2. The highest BCUT2D eigenvalue weighted by Gasteiger charge is 2.18. The molecule has 18 heavy (non-hydrogen) atoms. The number of likely N-dealkylation sites (N-methyl/N-ethyl adjacent to an activating group) is 1. The molecule has 4 nitrogen and oxygen atoms in total. The summed E-state index contributed by atoms with van der Waals surface area (Å²) in [5, 5.41) is 3.07. The lowest BCUT2D eigenvalue weighted by Gasteiger charge is -2.32. The Hall–Kier alpha value is -1.55. The molecule has 2 rings (SSSR count). The van der Waals surface area contributed by atoms with Crippen molar-refractivity contribution in [3.63, 3.8) is 0 Å². The Morgan fingerprint density at radius 3 is 2.33 bits per heavy atom. The second-order valence-electron chi connectivity index (χ2n) is 4.81. The van der Waals surface area contributed by atoms with E-state index in [1.807, 2.05) is 36.2 Å². The van der Waals surface area contributed by atoms with Crippen molar-refractivity contribution in [3.05, 3.63) is 29.8 Å². The number of piperazine rings is 1. The predicted octanol–water partition coefficient (Wildman–Crippen LogP) is 1.04. The first-order valence-corrected chi connectivity index (χ1v) is 6.42. The van der Waals surface area contributed by atoms with E-state index in [4.69, 9.17) is 0 Å². The number of rotatable bonds is 3. The van der Waals surface area contributed by atoms with Crippen LogP contribution in [0.4, 0.5) is 5.69 Å². The molecule has 0 unspecified atom stereocenters. The molecule has 1 aromatic rings. The van der Waals surface area contributed by atoms with Crippen molar-refractivity contribution >= 4 is 11.6 Å². The topological polar surface area (TPSA) is 35.6 Å². The highest BCUT2D eigenvalue weighted by molar-refractivity contribution is 5.79. The van der Waals surface area contributed by atoms with Crippen LogP contribution in [0.2, 0.25) is 0 Å². The van der Waals surface area contributed by atoms with Gasteiger partial charge in [0.1, 0.15) is 0 Å². The fourth-order valence-corrected chi connectivity index (χ4v) is 2.13. The van der Waals surface area contributed by atoms with Crippen LogP contribution in [0.25, 0.3) is 0 Å². The van der Waals surface area contributed by atoms with Crippen LogP contribution in [-0.4, -0.2) is 56.0 Å². The number of hydrogen-bond acceptors (Lipinski definition) is 3. The van der Waals surface area contributed by atoms with Gasteiger partial charge >= 0.3 is 0 Å². The smallest absolute Gasteiger partial charge is 0.227 e. The minimum Gasteiger partial charge on any atom is -0.388 e. The van der Waals surface area contributed by atoms with Gasteiger partial charge in [-0.05, 0) is 24.7 Å². The van der Waals surface area contributed by atoms with Crippen LogP contribution < -0.4 is 5.32 Å². The molecular weight excluding hydrogens is 226 g/mol. The summed E-state index contributed by atoms with van der Waals surface area (Å²) in [7, 11) is 3.99. The van der Waals surface area contributed by atoms with E-state index >= 15 is 0 Å². The number of amides is 1. The molecule has 4 heteroatoms. The van der Waals surface area contributed by atoms with Crippen molar-refractivity contribution in [3.8, 4) is 0 Å². The van der Waals surface area contributed by atoms with Crippen molar-refractivity contribution in [2.24, 2.45) is 0 Å². The normalized spacial score (nSPS) is 16.7. The zero-order valence-electron chi connectivity index (χ0n) is 11.1. The van der Waals surface area contributed by atoms with Crippen LogP contribution in [0.1, 0.15) is 5.56 Å². The third-order valence-corrected chi connectivity index (χ3v) is 3.45. The van der Waals surface area contributed by atoms with Crippen molar-refractivity contribution < 1.29 is 4.79 Å². The highest BCUT2D eigenvalue weighted by Crippen LogP contribution is 2.11. The molecule has 0 spiro atoms. The SMILES string of the molecule is CNc1ccc(CC(=O)N2CCN(C)CC2)cc1. The minimum absolute atomic E-state index is 0.236. The van der Waals surface area contributed by atoms with Gasteiger partial charge in [-0.25, -0.2) is 0 Å². The van der Waals surface area contributed by atoms with E-state index in [0.29, 0.717) is 6.42 Å². The molecule has 1 aliphatic rings. The molecule has 1 saturated heterocycles. The molecule has 0 atom stereocenters. The van der Waals surface area contributed by atoms with Crippen LogP contribution >= 0.6 is 0 Å². The lowest BCUT2D eigenvalue weighted by Crippen LogP contribution is -2.47. The number of nitrogens with one attached hydrogen (secondary N) is 1. The van der Waals surface area contributed by atoms with Crippen LogP contribution in [0, 0.1) is 0 Å². The van der Waals surface area contributed by atoms with Crippen molar-refractivity contribution in [2.45, 2.75) is 6.42 Å². The molecule has 0 aromatic heterocycles. The van der Waals surface area contributed by atoms with Gasteiger partial charge < -0.3 is 15.1 Å². The Kier molecular flexibility index (Phi) is 4.20. The molecule has 1 aliphatic heterocycles. The van der Waals surface area contributed by atoms with E-state index in [1.54, 1.807) is 0 Å². The summed E-state index contributed by atoms with van der Waals surface area (Å²) in [5.41, 5.74) is 2.16. The van der Waals surface area contributed by atoms with E-state index in [2.05, 4.69) is 17.3 Å². The third-order valence-electron chi connectivity index (χ3n) is 3.45. The molecule has 1 fully saturated rings. The summed E-state index contributed by atoms with van der Waals surface area (Å²) < 4.78 is 0. The molecule has 1 N–H and O–H groups in total. The molecule has 0 aliphatic carbocycles. The standard InChI is InChI=1S/C14H21N3O/c1-15-13-5-3-12(4-6-13)11-14(18)17-9-7-16(2)8-10-17/h3-6,15H,7-11H2,1-2H3. The molecule has 1 heterocycles. The van der Waals surface area contributed by atoms with Crippen LogP contribution in [0.3, 0.4) is 0 Å². The molecule has 1 aromatic carbocycles. The Morgan fingerprint density at radius 2 is 1.78 bits per heavy atom. The number of carbonyl (C=O) groups is 1. The monoisotopic (exact) mass is 247 g/mol. The number of anilines is 1. The molecule has 1 amide bonds. The maximum atomic E-state index is 12.1. The molecule has 98 valence electrons. The number of hydrogen-bond donors (Lipinski definition) is 1. The van der Waals surface area contributed by atoms with Gasteiger partial charge in [-0.2, -0.15) is 0 Å². The summed E-state index contributed by atoms with van der Waals surface area (Å²) in [6.45, 7) is 3.66. The lowest BCUT2D eigenvalue weighted by atomic mass is 10.1. The number of nitrogens with zero attached hydrogens (tertiary/aromatic N) is 2. The van der Waals surface area contributed by atoms with Gasteiger partial charge in [-0.15, -0.1) is 0 Å².